The van der Waals surface area contributed by atoms with Gasteiger partial charge in [-0.2, -0.15) is 0 Å². The summed E-state index contributed by atoms with van der Waals surface area (Å²) >= 11 is 1.89. The molecule has 0 saturated heterocycles. The van der Waals surface area contributed by atoms with E-state index in [1.807, 2.05) is 11.3 Å². The minimum absolute atomic E-state index is 1.02. The predicted molar refractivity (Wildman–Crippen MR) is 73.2 cm³/mol. The van der Waals surface area contributed by atoms with Crippen molar-refractivity contribution in [1.82, 2.24) is 10.2 Å². The third kappa shape index (κ3) is 5.10. The van der Waals surface area contributed by atoms with Crippen LogP contribution in [0.5, 0.6) is 0 Å². The van der Waals surface area contributed by atoms with E-state index in [0.717, 1.165) is 13.1 Å². The Bertz CT molecular complexity index is 279. The second-order valence-electron chi connectivity index (χ2n) is 4.07. The van der Waals surface area contributed by atoms with Crippen LogP contribution in [-0.2, 0) is 6.54 Å². The number of nitrogens with one attached hydrogen (secondary N) is 1. The van der Waals surface area contributed by atoms with Gasteiger partial charge in [-0.15, -0.1) is 11.3 Å². The van der Waals surface area contributed by atoms with Gasteiger partial charge >= 0.3 is 0 Å². The standard InChI is InChI=1S/C13H24N2S/c1-4-15(5-2)10-6-9-14-11-13-8-7-12(3)16-13/h7-8,14H,4-6,9-11H2,1-3H3. The first-order chi connectivity index (χ1) is 7.76. The third-order valence-electron chi connectivity index (χ3n) is 2.82. The Balaban J connectivity index is 2.04. The van der Waals surface area contributed by atoms with Gasteiger partial charge in [0.25, 0.3) is 0 Å². The summed E-state index contributed by atoms with van der Waals surface area (Å²) in [6, 6.07) is 4.41. The van der Waals surface area contributed by atoms with Crippen molar-refractivity contribution in [2.45, 2.75) is 33.7 Å². The molecular formula is C13H24N2S. The van der Waals surface area contributed by atoms with E-state index in [-0.39, 0.29) is 0 Å². The van der Waals surface area contributed by atoms with Gasteiger partial charge in [0.2, 0.25) is 0 Å². The highest BCUT2D eigenvalue weighted by Gasteiger charge is 1.99. The molecule has 1 N–H and O–H groups in total. The average Bonchev–Trinajstić information content (AvgIpc) is 2.70. The smallest absolute Gasteiger partial charge is 0.0299 e. The summed E-state index contributed by atoms with van der Waals surface area (Å²) in [7, 11) is 0. The summed E-state index contributed by atoms with van der Waals surface area (Å²) in [5.41, 5.74) is 0. The first-order valence-corrected chi connectivity index (χ1v) is 7.06. The topological polar surface area (TPSA) is 15.3 Å². The van der Waals surface area contributed by atoms with Crippen LogP contribution in [-0.4, -0.2) is 31.1 Å². The maximum absolute atomic E-state index is 3.50. The molecule has 3 heteroatoms. The van der Waals surface area contributed by atoms with Crippen molar-refractivity contribution in [1.29, 1.82) is 0 Å². The molecule has 0 bridgehead atoms. The van der Waals surface area contributed by atoms with Crippen LogP contribution in [0.25, 0.3) is 0 Å². The van der Waals surface area contributed by atoms with Gasteiger partial charge in [-0.1, -0.05) is 13.8 Å². The van der Waals surface area contributed by atoms with Crippen LogP contribution in [0.15, 0.2) is 12.1 Å². The summed E-state index contributed by atoms with van der Waals surface area (Å²) < 4.78 is 0. The molecule has 0 radical (unpaired) electrons. The van der Waals surface area contributed by atoms with Gasteiger partial charge in [0.05, 0.1) is 0 Å². The lowest BCUT2D eigenvalue weighted by Gasteiger charge is -2.17. The SMILES string of the molecule is CCN(CC)CCCNCc1ccc(C)s1. The van der Waals surface area contributed by atoms with E-state index in [0.29, 0.717) is 0 Å². The maximum atomic E-state index is 3.50. The van der Waals surface area contributed by atoms with E-state index in [1.54, 1.807) is 0 Å². The van der Waals surface area contributed by atoms with Crippen molar-refractivity contribution in [2.24, 2.45) is 0 Å². The van der Waals surface area contributed by atoms with Crippen LogP contribution >= 0.6 is 11.3 Å². The lowest BCUT2D eigenvalue weighted by atomic mass is 10.3. The molecule has 0 atom stereocenters. The predicted octanol–water partition coefficient (Wildman–Crippen LogP) is 2.88. The Kier molecular flexibility index (Phi) is 6.69. The molecule has 0 amide bonds. The molecular weight excluding hydrogens is 216 g/mol. The highest BCUT2D eigenvalue weighted by molar-refractivity contribution is 7.11. The van der Waals surface area contributed by atoms with Crippen molar-refractivity contribution in [3.05, 3.63) is 21.9 Å². The molecule has 1 heterocycles. The van der Waals surface area contributed by atoms with Crippen LogP contribution in [0.4, 0.5) is 0 Å². The van der Waals surface area contributed by atoms with Crippen molar-refractivity contribution in [3.8, 4) is 0 Å². The second kappa shape index (κ2) is 7.82. The van der Waals surface area contributed by atoms with E-state index in [4.69, 9.17) is 0 Å². The molecule has 16 heavy (non-hydrogen) atoms. The van der Waals surface area contributed by atoms with Gasteiger partial charge in [-0.25, -0.2) is 0 Å². The molecule has 0 aromatic carbocycles. The monoisotopic (exact) mass is 240 g/mol. The lowest BCUT2D eigenvalue weighted by molar-refractivity contribution is 0.298. The number of hydrogen-bond donors (Lipinski definition) is 1. The quantitative estimate of drug-likeness (QED) is 0.703. The molecule has 0 aliphatic heterocycles. The highest BCUT2D eigenvalue weighted by atomic mass is 32.1. The molecule has 2 nitrogen and oxygen atoms in total. The number of thiophene rings is 1. The molecule has 0 aliphatic rings. The second-order valence-corrected chi connectivity index (χ2v) is 5.44. The van der Waals surface area contributed by atoms with Crippen LogP contribution in [0.1, 0.15) is 30.0 Å². The fourth-order valence-electron chi connectivity index (χ4n) is 1.76. The average molecular weight is 240 g/mol. The van der Waals surface area contributed by atoms with E-state index in [2.05, 4.69) is 43.1 Å². The van der Waals surface area contributed by atoms with Crippen LogP contribution in [0.3, 0.4) is 0 Å². The minimum Gasteiger partial charge on any atom is -0.312 e. The highest BCUT2D eigenvalue weighted by Crippen LogP contribution is 2.14. The van der Waals surface area contributed by atoms with Crippen molar-refractivity contribution < 1.29 is 0 Å². The first-order valence-electron chi connectivity index (χ1n) is 6.24. The molecule has 0 saturated carbocycles. The normalized spacial score (nSPS) is 11.2. The van der Waals surface area contributed by atoms with Crippen LogP contribution in [0.2, 0.25) is 0 Å². The number of nitrogens with zero attached hydrogens (tertiary/aromatic N) is 1. The number of rotatable bonds is 8. The summed E-state index contributed by atoms with van der Waals surface area (Å²) in [5.74, 6) is 0. The van der Waals surface area contributed by atoms with Gasteiger partial charge < -0.3 is 10.2 Å². The maximum Gasteiger partial charge on any atom is 0.0299 e. The van der Waals surface area contributed by atoms with Crippen LogP contribution < -0.4 is 5.32 Å². The zero-order valence-electron chi connectivity index (χ0n) is 10.8. The zero-order chi connectivity index (χ0) is 11.8. The van der Waals surface area contributed by atoms with Crippen molar-refractivity contribution in [2.75, 3.05) is 26.2 Å². The van der Waals surface area contributed by atoms with Crippen molar-refractivity contribution >= 4 is 11.3 Å². The van der Waals surface area contributed by atoms with Crippen molar-refractivity contribution in [3.63, 3.8) is 0 Å². The fourth-order valence-corrected chi connectivity index (χ4v) is 2.62. The van der Waals surface area contributed by atoms with E-state index < -0.39 is 0 Å². The molecule has 1 rings (SSSR count). The van der Waals surface area contributed by atoms with Gasteiger partial charge in [-0.05, 0) is 51.7 Å². The molecule has 92 valence electrons. The Labute approximate surface area is 104 Å². The first kappa shape index (κ1) is 13.7. The fraction of sp³-hybridized carbons (Fsp3) is 0.692. The van der Waals surface area contributed by atoms with E-state index in [9.17, 15) is 0 Å². The Morgan fingerprint density at radius 1 is 1.25 bits per heavy atom. The van der Waals surface area contributed by atoms with Gasteiger partial charge in [0.1, 0.15) is 0 Å². The van der Waals surface area contributed by atoms with Gasteiger partial charge in [0, 0.05) is 16.3 Å². The summed E-state index contributed by atoms with van der Waals surface area (Å²) in [5, 5.41) is 3.50. The third-order valence-corrected chi connectivity index (χ3v) is 3.82. The molecule has 1 aromatic rings. The molecule has 0 fully saturated rings. The molecule has 0 spiro atoms. The molecule has 0 aliphatic carbocycles. The van der Waals surface area contributed by atoms with E-state index in [1.165, 1.54) is 35.8 Å². The lowest BCUT2D eigenvalue weighted by Crippen LogP contribution is -2.27. The number of aryl methyl sites for hydroxylation is 1. The molecule has 1 aromatic heterocycles. The summed E-state index contributed by atoms with van der Waals surface area (Å²) in [6.07, 6.45) is 1.24. The Hall–Kier alpha value is -0.380. The summed E-state index contributed by atoms with van der Waals surface area (Å²) in [6.45, 7) is 12.3. The molecule has 0 unspecified atom stereocenters. The van der Waals surface area contributed by atoms with Gasteiger partial charge in [-0.3, -0.25) is 0 Å². The zero-order valence-corrected chi connectivity index (χ0v) is 11.6. The van der Waals surface area contributed by atoms with Gasteiger partial charge in [0.15, 0.2) is 0 Å². The largest absolute Gasteiger partial charge is 0.312 e. The summed E-state index contributed by atoms with van der Waals surface area (Å²) in [4.78, 5) is 5.32. The Morgan fingerprint density at radius 3 is 2.56 bits per heavy atom. The number of hydrogen-bond acceptors (Lipinski definition) is 3. The van der Waals surface area contributed by atoms with Crippen LogP contribution in [0, 0.1) is 6.92 Å². The Morgan fingerprint density at radius 2 is 2.00 bits per heavy atom. The van der Waals surface area contributed by atoms with E-state index >= 15 is 0 Å². The minimum atomic E-state index is 1.02.